The van der Waals surface area contributed by atoms with Crippen molar-refractivity contribution in [1.82, 2.24) is 14.7 Å². The number of aliphatic imine (C=N–C) groups is 1. The van der Waals surface area contributed by atoms with Crippen molar-refractivity contribution in [2.45, 2.75) is 30.7 Å². The van der Waals surface area contributed by atoms with Crippen LogP contribution in [0.25, 0.3) is 11.1 Å². The number of nitrogens with zero attached hydrogens (tertiary/aromatic N) is 5. The third kappa shape index (κ3) is 5.56. The second kappa shape index (κ2) is 10.0. The summed E-state index contributed by atoms with van der Waals surface area (Å²) >= 11 is 0. The van der Waals surface area contributed by atoms with Gasteiger partial charge in [0.1, 0.15) is 5.69 Å². The topological polar surface area (TPSA) is 91.4 Å². The lowest BCUT2D eigenvalue weighted by Gasteiger charge is -2.24. The van der Waals surface area contributed by atoms with Gasteiger partial charge >= 0.3 is 6.18 Å². The van der Waals surface area contributed by atoms with Crippen molar-refractivity contribution in [1.29, 1.82) is 5.26 Å². The molecule has 0 atom stereocenters. The van der Waals surface area contributed by atoms with Crippen molar-refractivity contribution >= 4 is 21.9 Å². The molecule has 4 aromatic rings. The average molecular weight is 550 g/mol. The zero-order chi connectivity index (χ0) is 27.8. The fraction of sp³-hybridized carbons (Fsp3) is 0.179. The largest absolute Gasteiger partial charge is 0.437 e. The van der Waals surface area contributed by atoms with E-state index >= 15 is 0 Å². The van der Waals surface area contributed by atoms with Crippen LogP contribution in [0.2, 0.25) is 0 Å². The van der Waals surface area contributed by atoms with E-state index in [1.807, 2.05) is 6.07 Å². The lowest BCUT2D eigenvalue weighted by molar-refractivity contribution is -0.140. The van der Waals surface area contributed by atoms with Gasteiger partial charge in [-0.25, -0.2) is 13.4 Å². The monoisotopic (exact) mass is 549 g/mol. The quantitative estimate of drug-likeness (QED) is 0.314. The van der Waals surface area contributed by atoms with Crippen molar-refractivity contribution in [3.8, 4) is 17.2 Å². The lowest BCUT2D eigenvalue weighted by Crippen LogP contribution is -2.25. The van der Waals surface area contributed by atoms with Gasteiger partial charge in [0.15, 0.2) is 15.5 Å². The average Bonchev–Trinajstić information content (AvgIpc) is 3.27. The van der Waals surface area contributed by atoms with Crippen LogP contribution in [0, 0.1) is 11.3 Å². The zero-order valence-electron chi connectivity index (χ0n) is 20.7. The van der Waals surface area contributed by atoms with E-state index in [-0.39, 0.29) is 23.7 Å². The van der Waals surface area contributed by atoms with E-state index in [2.05, 4.69) is 16.2 Å². The highest BCUT2D eigenvalue weighted by Gasteiger charge is 2.40. The predicted molar refractivity (Wildman–Crippen MR) is 140 cm³/mol. The summed E-state index contributed by atoms with van der Waals surface area (Å²) < 4.78 is 67.1. The van der Waals surface area contributed by atoms with Gasteiger partial charge in [0.05, 0.1) is 41.7 Å². The van der Waals surface area contributed by atoms with Crippen LogP contribution in [0.4, 0.5) is 18.9 Å². The smallest absolute Gasteiger partial charge is 0.352 e. The minimum absolute atomic E-state index is 0.0691. The Morgan fingerprint density at radius 1 is 0.974 bits per heavy atom. The standard InChI is InChI=1S/C28H22F3N5O2S/c1-39(37,38)25-8-3-2-7-23(25)22-11-9-19(10-12-22)16-36-24-17-35(15-21-6-4-5-20(13-21)14-32)18-33-26(24)27(34-36)28(29,30)31/h2-13,18H,15-17H2,1H3. The number of fused-ring (bicyclic) bond motifs is 1. The van der Waals surface area contributed by atoms with Crippen molar-refractivity contribution < 1.29 is 21.6 Å². The molecule has 0 amide bonds. The van der Waals surface area contributed by atoms with Crippen LogP contribution >= 0.6 is 0 Å². The summed E-state index contributed by atoms with van der Waals surface area (Å²) in [5, 5.41) is 13.0. The minimum Gasteiger partial charge on any atom is -0.352 e. The van der Waals surface area contributed by atoms with E-state index in [0.717, 1.165) is 11.8 Å². The fourth-order valence-electron chi connectivity index (χ4n) is 4.54. The van der Waals surface area contributed by atoms with E-state index in [9.17, 15) is 21.6 Å². The van der Waals surface area contributed by atoms with Crippen LogP contribution in [0.3, 0.4) is 0 Å². The molecule has 7 nitrogen and oxygen atoms in total. The first kappa shape index (κ1) is 26.2. The Bertz CT molecular complexity index is 1720. The Balaban J connectivity index is 1.43. The van der Waals surface area contributed by atoms with Gasteiger partial charge in [0.25, 0.3) is 0 Å². The summed E-state index contributed by atoms with van der Waals surface area (Å²) in [6.07, 6.45) is -2.16. The van der Waals surface area contributed by atoms with Gasteiger partial charge in [0.2, 0.25) is 0 Å². The first-order chi connectivity index (χ1) is 18.5. The van der Waals surface area contributed by atoms with Crippen LogP contribution in [-0.4, -0.2) is 35.7 Å². The van der Waals surface area contributed by atoms with Crippen molar-refractivity contribution in [2.24, 2.45) is 4.99 Å². The number of hydrogen-bond donors (Lipinski definition) is 0. The molecular weight excluding hydrogens is 527 g/mol. The van der Waals surface area contributed by atoms with E-state index in [0.29, 0.717) is 34.5 Å². The number of sulfone groups is 1. The summed E-state index contributed by atoms with van der Waals surface area (Å²) in [6.45, 7) is 0.581. The highest BCUT2D eigenvalue weighted by Crippen LogP contribution is 2.40. The molecule has 1 aliphatic rings. The molecule has 3 aromatic carbocycles. The summed E-state index contributed by atoms with van der Waals surface area (Å²) in [4.78, 5) is 6.07. The van der Waals surface area contributed by atoms with Crippen LogP contribution in [0.15, 0.2) is 82.7 Å². The number of hydrogen-bond acceptors (Lipinski definition) is 6. The van der Waals surface area contributed by atoms with Crippen LogP contribution in [0.1, 0.15) is 28.1 Å². The Kier molecular flexibility index (Phi) is 6.74. The Morgan fingerprint density at radius 3 is 2.41 bits per heavy atom. The number of aromatic nitrogens is 2. The highest BCUT2D eigenvalue weighted by atomic mass is 32.2. The fourth-order valence-corrected chi connectivity index (χ4v) is 5.45. The minimum atomic E-state index is -4.67. The van der Waals surface area contributed by atoms with Crippen molar-refractivity contribution in [3.05, 3.63) is 101 Å². The first-order valence-corrected chi connectivity index (χ1v) is 13.7. The van der Waals surface area contributed by atoms with Gasteiger partial charge in [-0.05, 0) is 34.9 Å². The molecule has 0 aliphatic carbocycles. The molecule has 0 saturated carbocycles. The Labute approximate surface area is 223 Å². The number of alkyl halides is 3. The molecule has 2 heterocycles. The molecule has 0 spiro atoms. The Morgan fingerprint density at radius 2 is 1.72 bits per heavy atom. The molecule has 0 saturated heterocycles. The van der Waals surface area contributed by atoms with Gasteiger partial charge in [0, 0.05) is 18.4 Å². The number of rotatable bonds is 6. The molecule has 11 heteroatoms. The molecule has 1 aliphatic heterocycles. The van der Waals surface area contributed by atoms with Crippen molar-refractivity contribution in [2.75, 3.05) is 6.26 Å². The summed E-state index contributed by atoms with van der Waals surface area (Å²) in [7, 11) is -3.45. The zero-order valence-corrected chi connectivity index (χ0v) is 21.5. The third-order valence-electron chi connectivity index (χ3n) is 6.33. The molecule has 0 bridgehead atoms. The number of benzene rings is 3. The van der Waals surface area contributed by atoms with Crippen LogP contribution < -0.4 is 0 Å². The second-order valence-electron chi connectivity index (χ2n) is 9.23. The van der Waals surface area contributed by atoms with Crippen LogP contribution in [-0.2, 0) is 35.6 Å². The van der Waals surface area contributed by atoms with E-state index in [1.54, 1.807) is 65.6 Å². The number of halogens is 3. The molecule has 0 radical (unpaired) electrons. The molecular formula is C28H22F3N5O2S. The van der Waals surface area contributed by atoms with Crippen molar-refractivity contribution in [3.63, 3.8) is 0 Å². The Hall–Kier alpha value is -4.43. The van der Waals surface area contributed by atoms with Gasteiger partial charge in [-0.2, -0.15) is 23.5 Å². The molecule has 0 fully saturated rings. The molecule has 1 aromatic heterocycles. The van der Waals surface area contributed by atoms with E-state index < -0.39 is 21.7 Å². The maximum absolute atomic E-state index is 13.8. The van der Waals surface area contributed by atoms with Crippen LogP contribution in [0.5, 0.6) is 0 Å². The molecule has 0 N–H and O–H groups in total. The third-order valence-corrected chi connectivity index (χ3v) is 7.48. The molecule has 5 rings (SSSR count). The maximum Gasteiger partial charge on any atom is 0.437 e. The predicted octanol–water partition coefficient (Wildman–Crippen LogP) is 5.57. The lowest BCUT2D eigenvalue weighted by atomic mass is 10.0. The first-order valence-electron chi connectivity index (χ1n) is 11.9. The van der Waals surface area contributed by atoms with Gasteiger partial charge in [-0.1, -0.05) is 54.6 Å². The van der Waals surface area contributed by atoms with E-state index in [1.165, 1.54) is 17.1 Å². The second-order valence-corrected chi connectivity index (χ2v) is 11.2. The molecule has 198 valence electrons. The number of nitriles is 1. The van der Waals surface area contributed by atoms with Gasteiger partial charge in [-0.3, -0.25) is 4.68 Å². The SMILES string of the molecule is CS(=O)(=O)c1ccccc1-c1ccc(Cn2nc(C(F)(F)F)c3c2CN(Cc2cccc(C#N)c2)C=N3)cc1. The summed E-state index contributed by atoms with van der Waals surface area (Å²) in [5.41, 5.74) is 2.32. The highest BCUT2D eigenvalue weighted by molar-refractivity contribution is 7.90. The van der Waals surface area contributed by atoms with E-state index in [4.69, 9.17) is 5.26 Å². The normalized spacial score (nSPS) is 13.3. The maximum atomic E-state index is 13.8. The molecule has 39 heavy (non-hydrogen) atoms. The molecule has 0 unspecified atom stereocenters. The summed E-state index contributed by atoms with van der Waals surface area (Å²) in [6, 6.07) is 22.7. The summed E-state index contributed by atoms with van der Waals surface area (Å²) in [5.74, 6) is 0. The van der Waals surface area contributed by atoms with Gasteiger partial charge in [-0.15, -0.1) is 0 Å². The van der Waals surface area contributed by atoms with Gasteiger partial charge < -0.3 is 4.90 Å².